The number of rotatable bonds is 4. The molecule has 1 atom stereocenters. The number of amides is 2. The molecule has 2 saturated heterocycles. The molecule has 3 rings (SSSR count). The number of nitrogens with one attached hydrogen (secondary N) is 1. The van der Waals surface area contributed by atoms with Crippen molar-refractivity contribution in [1.29, 1.82) is 0 Å². The molecule has 0 bridgehead atoms. The molecule has 2 aliphatic rings. The molecule has 0 radical (unpaired) electrons. The minimum atomic E-state index is -1.38. The van der Waals surface area contributed by atoms with Gasteiger partial charge in [0.1, 0.15) is 17.4 Å². The van der Waals surface area contributed by atoms with Crippen LogP contribution >= 0.6 is 0 Å². The molecule has 30 heavy (non-hydrogen) atoms. The van der Waals surface area contributed by atoms with E-state index in [2.05, 4.69) is 5.32 Å². The highest BCUT2D eigenvalue weighted by Gasteiger charge is 2.37. The topological polar surface area (TPSA) is 80.3 Å². The van der Waals surface area contributed by atoms with Crippen molar-refractivity contribution in [2.75, 3.05) is 49.2 Å². The number of halogens is 3. The lowest BCUT2D eigenvalue weighted by molar-refractivity contribution is 0.0496. The molecule has 8 nitrogen and oxygen atoms in total. The fourth-order valence-corrected chi connectivity index (χ4v) is 3.18. The van der Waals surface area contributed by atoms with Crippen LogP contribution in [-0.4, -0.2) is 63.3 Å². The third-order valence-electron chi connectivity index (χ3n) is 4.48. The van der Waals surface area contributed by atoms with E-state index in [0.717, 1.165) is 11.0 Å². The van der Waals surface area contributed by atoms with E-state index in [4.69, 9.17) is 14.2 Å². The molecule has 2 amide bonds. The zero-order chi connectivity index (χ0) is 22.1. The summed E-state index contributed by atoms with van der Waals surface area (Å²) in [5, 5.41) is 2.44. The van der Waals surface area contributed by atoms with Crippen molar-refractivity contribution in [2.24, 2.45) is 0 Å². The van der Waals surface area contributed by atoms with Crippen molar-refractivity contribution in [3.8, 4) is 0 Å². The Balaban J connectivity index is 1.71. The summed E-state index contributed by atoms with van der Waals surface area (Å²) in [6, 6.07) is 0.772. The molecule has 0 saturated carbocycles. The van der Waals surface area contributed by atoms with Gasteiger partial charge in [-0.15, -0.1) is 0 Å². The highest BCUT2D eigenvalue weighted by Crippen LogP contribution is 2.34. The van der Waals surface area contributed by atoms with Crippen molar-refractivity contribution >= 4 is 23.6 Å². The second-order valence-electron chi connectivity index (χ2n) is 7.95. The molecule has 166 valence electrons. The average molecular weight is 431 g/mol. The maximum atomic E-state index is 14.7. The van der Waals surface area contributed by atoms with Crippen LogP contribution in [0.1, 0.15) is 20.8 Å². The first-order valence-electron chi connectivity index (χ1n) is 9.52. The summed E-state index contributed by atoms with van der Waals surface area (Å²) in [6.45, 7) is 5.76. The van der Waals surface area contributed by atoms with Gasteiger partial charge >= 0.3 is 12.2 Å². The second-order valence-corrected chi connectivity index (χ2v) is 7.95. The predicted octanol–water partition coefficient (Wildman–Crippen LogP) is 2.79. The summed E-state index contributed by atoms with van der Waals surface area (Å²) in [5.41, 5.74) is -1.76. The van der Waals surface area contributed by atoms with Gasteiger partial charge in [0.05, 0.1) is 32.0 Å². The maximum absolute atomic E-state index is 14.7. The average Bonchev–Trinajstić information content (AvgIpc) is 3.03. The first kappa shape index (κ1) is 22.0. The summed E-state index contributed by atoms with van der Waals surface area (Å²) < 4.78 is 59.3. The lowest BCUT2D eigenvalue weighted by Crippen LogP contribution is -2.38. The van der Waals surface area contributed by atoms with Gasteiger partial charge in [-0.3, -0.25) is 4.90 Å². The van der Waals surface area contributed by atoms with Crippen LogP contribution in [0, 0.1) is 17.5 Å². The molecule has 1 N–H and O–H groups in total. The number of hydrogen-bond donors (Lipinski definition) is 1. The number of ether oxygens (including phenoxy) is 3. The fraction of sp³-hybridized carbons (Fsp3) is 0.579. The Morgan fingerprint density at radius 1 is 1.23 bits per heavy atom. The monoisotopic (exact) mass is 431 g/mol. The molecule has 0 spiro atoms. The zero-order valence-corrected chi connectivity index (χ0v) is 17.0. The largest absolute Gasteiger partial charge is 0.444 e. The first-order chi connectivity index (χ1) is 14.1. The third-order valence-corrected chi connectivity index (χ3v) is 4.48. The van der Waals surface area contributed by atoms with Crippen LogP contribution in [0.4, 0.5) is 34.1 Å². The van der Waals surface area contributed by atoms with Gasteiger partial charge in [-0.05, 0) is 20.8 Å². The lowest BCUT2D eigenvalue weighted by Gasteiger charge is -2.30. The Morgan fingerprint density at radius 3 is 2.53 bits per heavy atom. The van der Waals surface area contributed by atoms with Crippen LogP contribution < -0.4 is 15.1 Å². The van der Waals surface area contributed by atoms with Gasteiger partial charge in [-0.25, -0.2) is 22.8 Å². The number of cyclic esters (lactones) is 1. The normalized spacial score (nSPS) is 19.7. The molecule has 1 aromatic rings. The second kappa shape index (κ2) is 8.58. The minimum absolute atomic E-state index is 0.102. The summed E-state index contributed by atoms with van der Waals surface area (Å²) >= 11 is 0. The smallest absolute Gasteiger partial charge is 0.414 e. The lowest BCUT2D eigenvalue weighted by atomic mass is 10.2. The van der Waals surface area contributed by atoms with E-state index >= 15 is 0 Å². The van der Waals surface area contributed by atoms with Crippen LogP contribution in [0.3, 0.4) is 0 Å². The molecule has 2 heterocycles. The van der Waals surface area contributed by atoms with Gasteiger partial charge in [-0.1, -0.05) is 0 Å². The summed E-state index contributed by atoms with van der Waals surface area (Å²) in [4.78, 5) is 26.0. The fourth-order valence-electron chi connectivity index (χ4n) is 3.18. The van der Waals surface area contributed by atoms with Gasteiger partial charge in [0, 0.05) is 19.2 Å². The highest BCUT2D eigenvalue weighted by atomic mass is 19.2. The maximum Gasteiger partial charge on any atom is 0.414 e. The van der Waals surface area contributed by atoms with Gasteiger partial charge in [-0.2, -0.15) is 0 Å². The van der Waals surface area contributed by atoms with Crippen molar-refractivity contribution in [1.82, 2.24) is 5.32 Å². The van der Waals surface area contributed by atoms with E-state index in [1.165, 1.54) is 4.90 Å². The highest BCUT2D eigenvalue weighted by molar-refractivity contribution is 5.90. The molecule has 0 unspecified atom stereocenters. The van der Waals surface area contributed by atoms with Crippen molar-refractivity contribution in [2.45, 2.75) is 32.5 Å². The van der Waals surface area contributed by atoms with E-state index < -0.39 is 52.7 Å². The van der Waals surface area contributed by atoms with Gasteiger partial charge in [0.2, 0.25) is 0 Å². The Morgan fingerprint density at radius 2 is 1.90 bits per heavy atom. The number of anilines is 2. The molecular formula is C19H24F3N3O5. The van der Waals surface area contributed by atoms with Crippen LogP contribution in [-0.2, 0) is 14.2 Å². The molecule has 0 aliphatic carbocycles. The number of morpholine rings is 1. The molecule has 2 aliphatic heterocycles. The summed E-state index contributed by atoms with van der Waals surface area (Å²) in [5.74, 6) is -3.72. The van der Waals surface area contributed by atoms with E-state index in [0.29, 0.717) is 0 Å². The Hall–Kier alpha value is -2.69. The Labute approximate surface area is 171 Å². The standard InChI is InChI=1S/C19H24F3N3O5/c1-19(2,3)30-17(26)23-9-11-10-25(18(27)29-11)13-8-12(20)16(15(22)14(13)21)24-4-6-28-7-5-24/h8,11H,4-7,9-10H2,1-3H3,(H,23,26)/t11-/m0/s1. The Kier molecular flexibility index (Phi) is 6.30. The van der Waals surface area contributed by atoms with Gasteiger partial charge in [0.15, 0.2) is 17.5 Å². The summed E-state index contributed by atoms with van der Waals surface area (Å²) in [6.07, 6.45) is -2.52. The molecular weight excluding hydrogens is 407 g/mol. The number of alkyl carbamates (subject to hydrolysis) is 1. The number of carbonyl (C=O) groups excluding carboxylic acids is 2. The molecule has 2 fully saturated rings. The molecule has 11 heteroatoms. The summed E-state index contributed by atoms with van der Waals surface area (Å²) in [7, 11) is 0. The van der Waals surface area contributed by atoms with Crippen LogP contribution in [0.15, 0.2) is 6.07 Å². The van der Waals surface area contributed by atoms with Crippen LogP contribution in [0.25, 0.3) is 0 Å². The third kappa shape index (κ3) is 4.89. The predicted molar refractivity (Wildman–Crippen MR) is 101 cm³/mol. The van der Waals surface area contributed by atoms with E-state index in [1.54, 1.807) is 20.8 Å². The Bertz CT molecular complexity index is 825. The van der Waals surface area contributed by atoms with Crippen molar-refractivity contribution in [3.05, 3.63) is 23.5 Å². The first-order valence-corrected chi connectivity index (χ1v) is 9.52. The van der Waals surface area contributed by atoms with Crippen LogP contribution in [0.5, 0.6) is 0 Å². The van der Waals surface area contributed by atoms with E-state index in [9.17, 15) is 22.8 Å². The zero-order valence-electron chi connectivity index (χ0n) is 17.0. The number of nitrogens with zero attached hydrogens (tertiary/aromatic N) is 2. The number of carbonyl (C=O) groups is 2. The van der Waals surface area contributed by atoms with E-state index in [-0.39, 0.29) is 39.4 Å². The van der Waals surface area contributed by atoms with E-state index in [1.807, 2.05) is 0 Å². The number of hydrogen-bond acceptors (Lipinski definition) is 6. The van der Waals surface area contributed by atoms with Crippen molar-refractivity contribution in [3.63, 3.8) is 0 Å². The minimum Gasteiger partial charge on any atom is -0.444 e. The van der Waals surface area contributed by atoms with Crippen molar-refractivity contribution < 1.29 is 37.0 Å². The van der Waals surface area contributed by atoms with Gasteiger partial charge in [0.25, 0.3) is 0 Å². The molecule has 0 aromatic heterocycles. The van der Waals surface area contributed by atoms with Gasteiger partial charge < -0.3 is 24.4 Å². The SMILES string of the molecule is CC(C)(C)OC(=O)NC[C@H]1CN(c2cc(F)c(N3CCOCC3)c(F)c2F)C(=O)O1. The number of benzene rings is 1. The van der Waals surface area contributed by atoms with Crippen LogP contribution in [0.2, 0.25) is 0 Å². The molecule has 1 aromatic carbocycles. The quantitative estimate of drug-likeness (QED) is 0.739.